The predicted molar refractivity (Wildman–Crippen MR) is 504 cm³/mol. The highest BCUT2D eigenvalue weighted by molar-refractivity contribution is 7.98. The van der Waals surface area contributed by atoms with Crippen molar-refractivity contribution >= 4 is 154 Å². The van der Waals surface area contributed by atoms with Gasteiger partial charge in [0.1, 0.15) is 91.1 Å². The number of hydrogen-bond donors (Lipinski definition) is 33. The molecule has 0 radical (unpaired) electrons. The number of guanidine groups is 3. The molecule has 58 heteroatoms. The van der Waals surface area contributed by atoms with Gasteiger partial charge in [-0.25, -0.2) is 9.97 Å². The lowest BCUT2D eigenvalue weighted by Gasteiger charge is -2.31. The number of carbonyl (C=O) groups excluding carboxylic acids is 17. The molecule has 1 aliphatic heterocycles. The number of likely N-dealkylation sites (tertiary alicyclic amines) is 1. The fraction of sp³-hybridized carbons (Fsp3) is 0.639. The molecule has 0 aliphatic carbocycles. The number of carboxylic acids is 4. The Hall–Kier alpha value is -14.6. The molecule has 17 amide bonds. The molecule has 39 N–H and O–H groups in total. The van der Waals surface area contributed by atoms with Gasteiger partial charge in [0.15, 0.2) is 17.9 Å². The molecule has 15 atom stereocenters. The van der Waals surface area contributed by atoms with Crippen LogP contribution in [0, 0.1) is 28.1 Å². The van der Waals surface area contributed by atoms with Crippen molar-refractivity contribution in [1.29, 1.82) is 16.2 Å². The number of aromatic amines is 2. The molecular weight excluding hydrogens is 1880 g/mol. The summed E-state index contributed by atoms with van der Waals surface area (Å²) in [5.74, 6) is -25.5. The zero-order chi connectivity index (χ0) is 106. The molecule has 141 heavy (non-hydrogen) atoms. The van der Waals surface area contributed by atoms with Crippen molar-refractivity contribution in [1.82, 2.24) is 121 Å². The Balaban J connectivity index is 1.93. The van der Waals surface area contributed by atoms with Gasteiger partial charge in [0, 0.05) is 82.1 Å². The number of aliphatic carboxylic acids is 4. The average Bonchev–Trinajstić information content (AvgIpc) is 1.70. The first-order chi connectivity index (χ1) is 66.5. The van der Waals surface area contributed by atoms with Crippen molar-refractivity contribution in [2.24, 2.45) is 46.2 Å². The van der Waals surface area contributed by atoms with E-state index in [1.54, 1.807) is 20.1 Å². The number of aromatic nitrogens is 4. The van der Waals surface area contributed by atoms with Crippen LogP contribution in [0.2, 0.25) is 0 Å². The van der Waals surface area contributed by atoms with Crippen molar-refractivity contribution in [3.05, 3.63) is 36.4 Å². The monoisotopic (exact) mass is 2020 g/mol. The highest BCUT2D eigenvalue weighted by Gasteiger charge is 2.43. The summed E-state index contributed by atoms with van der Waals surface area (Å²) in [6.45, 7) is 6.05. The Kier molecular flexibility index (Phi) is 54.5. The van der Waals surface area contributed by atoms with E-state index in [1.807, 2.05) is 0 Å². The molecule has 1 fully saturated rings. The Labute approximate surface area is 815 Å². The predicted octanol–water partition coefficient (Wildman–Crippen LogP) is -10.3. The second-order valence-corrected chi connectivity index (χ2v) is 35.0. The van der Waals surface area contributed by atoms with E-state index < -0.39 is 297 Å². The zero-order valence-electron chi connectivity index (χ0n) is 79.4. The minimum Gasteiger partial charge on any atom is -0.481 e. The number of imidazole rings is 2. The molecule has 1 saturated heterocycles. The van der Waals surface area contributed by atoms with Crippen LogP contribution in [-0.4, -0.2) is 336 Å². The molecule has 0 saturated carbocycles. The van der Waals surface area contributed by atoms with Gasteiger partial charge in [-0.05, 0) is 140 Å². The first-order valence-electron chi connectivity index (χ1n) is 45.6. The largest absolute Gasteiger partial charge is 0.481 e. The van der Waals surface area contributed by atoms with Gasteiger partial charge in [-0.2, -0.15) is 11.8 Å². The van der Waals surface area contributed by atoms with E-state index in [2.05, 4.69) is 116 Å². The summed E-state index contributed by atoms with van der Waals surface area (Å²) in [6, 6.07) is -23.7. The number of H-pyrrole nitrogens is 2. The Bertz CT molecular complexity index is 4590. The summed E-state index contributed by atoms with van der Waals surface area (Å²) in [4.78, 5) is 302. The van der Waals surface area contributed by atoms with Gasteiger partial charge in [-0.3, -0.25) is 117 Å². The second-order valence-electron chi connectivity index (χ2n) is 34.0. The lowest BCUT2D eigenvalue weighted by Crippen LogP contribution is -2.61. The van der Waals surface area contributed by atoms with Gasteiger partial charge in [0.05, 0.1) is 31.7 Å². The fourth-order valence-electron chi connectivity index (χ4n) is 14.1. The number of carbonyl (C=O) groups is 21. The molecule has 3 heterocycles. The molecule has 57 nitrogen and oxygen atoms in total. The number of rotatable bonds is 69. The molecule has 0 spiro atoms. The Morgan fingerprint density at radius 2 is 0.816 bits per heavy atom. The van der Waals surface area contributed by atoms with Crippen LogP contribution >= 0.6 is 11.8 Å². The lowest BCUT2D eigenvalue weighted by molar-refractivity contribution is -0.143. The number of thioether (sulfide) groups is 1. The van der Waals surface area contributed by atoms with E-state index >= 15 is 0 Å². The molecule has 0 aromatic carbocycles. The van der Waals surface area contributed by atoms with Crippen LogP contribution in [0.4, 0.5) is 0 Å². The Morgan fingerprint density at radius 3 is 1.22 bits per heavy atom. The van der Waals surface area contributed by atoms with Crippen LogP contribution in [-0.2, 0) is 114 Å². The van der Waals surface area contributed by atoms with Crippen molar-refractivity contribution in [2.45, 2.75) is 267 Å². The van der Waals surface area contributed by atoms with E-state index in [0.717, 1.165) is 4.90 Å². The van der Waals surface area contributed by atoms with E-state index in [-0.39, 0.29) is 133 Å². The number of nitrogens with one attached hydrogen (secondary N) is 23. The summed E-state index contributed by atoms with van der Waals surface area (Å²) in [7, 11) is 0. The lowest BCUT2D eigenvalue weighted by atomic mass is 10.0. The number of hydrogen-bond acceptors (Lipinski definition) is 29. The highest BCUT2D eigenvalue weighted by atomic mass is 32.2. The smallest absolute Gasteiger partial charge is 0.322 e. The summed E-state index contributed by atoms with van der Waals surface area (Å²) >= 11 is 1.30. The number of primary amides is 1. The van der Waals surface area contributed by atoms with Crippen LogP contribution in [0.3, 0.4) is 0 Å². The highest BCUT2D eigenvalue weighted by Crippen LogP contribution is 2.22. The van der Waals surface area contributed by atoms with E-state index in [4.69, 9.17) is 50.6 Å². The molecule has 0 unspecified atom stereocenters. The normalized spacial score (nSPS) is 15.1. The quantitative estimate of drug-likeness (QED) is 0.0166. The maximum absolute atomic E-state index is 14.9. The molecule has 1 aliphatic rings. The van der Waals surface area contributed by atoms with Crippen LogP contribution < -0.4 is 130 Å². The minimum atomic E-state index is -2.01. The molecule has 2 aromatic rings. The molecular formula is C83H138N32O25S. The van der Waals surface area contributed by atoms with E-state index in [1.165, 1.54) is 57.6 Å². The van der Waals surface area contributed by atoms with Crippen LogP contribution in [0.25, 0.3) is 0 Å². The van der Waals surface area contributed by atoms with Gasteiger partial charge in [-0.1, -0.05) is 27.7 Å². The maximum atomic E-state index is 14.9. The molecule has 786 valence electrons. The number of amides is 17. The fourth-order valence-corrected chi connectivity index (χ4v) is 14.6. The third kappa shape index (κ3) is 47.5. The zero-order valence-corrected chi connectivity index (χ0v) is 80.2. The van der Waals surface area contributed by atoms with Gasteiger partial charge in [-0.15, -0.1) is 0 Å². The number of nitrogens with zero attached hydrogens (tertiary/aromatic N) is 3. The average molecular weight is 2020 g/mol. The summed E-state index contributed by atoms with van der Waals surface area (Å²) < 4.78 is 0. The third-order valence-corrected chi connectivity index (χ3v) is 22.2. The van der Waals surface area contributed by atoms with Gasteiger partial charge >= 0.3 is 23.9 Å². The van der Waals surface area contributed by atoms with Crippen LogP contribution in [0.15, 0.2) is 25.0 Å². The van der Waals surface area contributed by atoms with Crippen LogP contribution in [0.1, 0.15) is 174 Å². The standard InChI is InChI=1S/C83H138N32O25S/c1-41(2)31-54(111-67(127)46(85)13-9-26-95-81(87)88)75(135)108-50(18-21-61(118)119)69(129)102-43(5)66(126)104-47(14-7-8-25-84)72(132)112-56(33-45-36-94-40-101-45)77(137)106-49(16-11-28-97-83(91)92)70(130)107-52(20-23-63(122)123)74(134)113-57(34-59(86)116)78(138)114-65(42(3)4)80(140)115-29-12-17-58(115)79(139)98-37-60(117)103-55(32-44-35-93-39-100-44)76(136)109-51(19-22-62(120)121)73(133)105-48(15-10-27-96-82(89)90)71(131)110-53(24-30-141-6)68(128)99-38-64(124)125/h35-36,39-43,46-58,65H,7-34,37-38,84-85H2,1-6H3,(H2,86,116)(H,93,100)(H,94,101)(H,98,139)(H,99,128)(H,102,129)(H,103,117)(H,104,126)(H,105,133)(H,106,137)(H,107,130)(H,108,135)(H,109,136)(H,110,131)(H,111,127)(H,112,132)(H,113,134)(H,114,138)(H,118,119)(H,120,121)(H,122,123)(H,124,125)(H4,87,88,95)(H4,89,90,96)(H4,91,92,97)/t43-,46-,47-,48-,49-,50-,51-,52-,53-,54-,55-,56-,57-,58-,65-/m0/s1. The molecule has 2 aromatic heterocycles. The van der Waals surface area contributed by atoms with E-state index in [9.17, 15) is 121 Å². The second kappa shape index (κ2) is 63.8. The van der Waals surface area contributed by atoms with Crippen molar-refractivity contribution < 1.29 is 121 Å². The first-order valence-corrected chi connectivity index (χ1v) is 47.0. The SMILES string of the molecule is CSCC[C@H](NC(=O)[C@H](CCCNC(=N)N)NC(=O)[C@H](CCC(=O)O)NC(=O)[C@H](Cc1cnc[nH]1)NC(=O)CNC(=O)[C@@H]1CCCN1C(=O)[C@@H](NC(=O)[C@H](CC(N)=O)NC(=O)[C@H](CCC(=O)O)NC(=O)[C@H](CCCNC(=N)N)NC(=O)[C@H](Cc1cnc[nH]1)NC(=O)[C@H](CCCCN)NC(=O)[C@H](C)NC(=O)[C@H](CCC(=O)O)NC(=O)[C@H](CC(C)C)NC(=O)[C@@H](N)CCCNC(=N)N)C(C)C)C(=O)NCC(=O)O. The van der Waals surface area contributed by atoms with Crippen LogP contribution in [0.5, 0.6) is 0 Å². The minimum absolute atomic E-state index is 0.00211. The summed E-state index contributed by atoms with van der Waals surface area (Å²) in [6.07, 6.45) is 1.08. The third-order valence-electron chi connectivity index (χ3n) is 21.5. The number of unbranched alkanes of at least 4 members (excludes halogenated alkanes) is 1. The number of nitrogens with two attached hydrogens (primary N) is 6. The summed E-state index contributed by atoms with van der Waals surface area (Å²) in [5, 5.41) is 105. The van der Waals surface area contributed by atoms with E-state index in [0.29, 0.717) is 18.6 Å². The number of carboxylic acid groups (broad SMARTS) is 4. The maximum Gasteiger partial charge on any atom is 0.322 e. The van der Waals surface area contributed by atoms with Gasteiger partial charge in [0.2, 0.25) is 100 Å². The summed E-state index contributed by atoms with van der Waals surface area (Å²) in [5.41, 5.74) is 34.3. The van der Waals surface area contributed by atoms with Gasteiger partial charge < -0.3 is 165 Å². The molecule has 0 bridgehead atoms. The van der Waals surface area contributed by atoms with Crippen molar-refractivity contribution in [3.63, 3.8) is 0 Å². The Morgan fingerprint density at radius 1 is 0.433 bits per heavy atom. The van der Waals surface area contributed by atoms with Crippen molar-refractivity contribution in [3.8, 4) is 0 Å². The van der Waals surface area contributed by atoms with Gasteiger partial charge in [0.25, 0.3) is 0 Å². The van der Waals surface area contributed by atoms with Crippen molar-refractivity contribution in [2.75, 3.05) is 57.8 Å². The molecule has 3 rings (SSSR count). The topological polar surface area (TPSA) is 944 Å². The first kappa shape index (κ1) is 121.